The maximum Gasteiger partial charge on any atom is 0.262 e. The first kappa shape index (κ1) is 24.0. The van der Waals surface area contributed by atoms with E-state index in [1.807, 2.05) is 13.8 Å². The quantitative estimate of drug-likeness (QED) is 0.411. The number of nitrogens with one attached hydrogen (secondary N) is 2. The van der Waals surface area contributed by atoms with Crippen molar-refractivity contribution < 1.29 is 14.3 Å². The number of carbonyl (C=O) groups is 2. The van der Waals surface area contributed by atoms with Gasteiger partial charge in [-0.3, -0.25) is 9.59 Å². The average molecular weight is 471 g/mol. The van der Waals surface area contributed by atoms with Crippen LogP contribution in [0.25, 0.3) is 0 Å². The van der Waals surface area contributed by atoms with Gasteiger partial charge in [-0.25, -0.2) is 5.43 Å². The van der Waals surface area contributed by atoms with Crippen LogP contribution in [-0.2, 0) is 9.59 Å². The van der Waals surface area contributed by atoms with Gasteiger partial charge >= 0.3 is 0 Å². The fraction of sp³-hybridized carbons (Fsp3) is 0.286. The molecule has 0 aliphatic carbocycles. The van der Waals surface area contributed by atoms with E-state index < -0.39 is 17.9 Å². The molecule has 2 N–H and O–H groups in total. The zero-order valence-corrected chi connectivity index (χ0v) is 18.8. The molecule has 2 amide bonds. The Balaban J connectivity index is 1.93. The number of halogens is 3. The summed E-state index contributed by atoms with van der Waals surface area (Å²) in [6, 6.07) is 11.0. The molecular weight excluding hydrogens is 449 g/mol. The van der Waals surface area contributed by atoms with Gasteiger partial charge in [-0.2, -0.15) is 5.10 Å². The molecule has 0 bridgehead atoms. The van der Waals surface area contributed by atoms with Crippen LogP contribution in [0.5, 0.6) is 5.75 Å². The highest BCUT2D eigenvalue weighted by atomic mass is 35.5. The van der Waals surface area contributed by atoms with Crippen LogP contribution in [-0.4, -0.2) is 30.7 Å². The maximum atomic E-state index is 12.5. The second-order valence-electron chi connectivity index (χ2n) is 6.87. The van der Waals surface area contributed by atoms with Crippen LogP contribution in [0.3, 0.4) is 0 Å². The van der Waals surface area contributed by atoms with Gasteiger partial charge in [0.1, 0.15) is 11.8 Å². The van der Waals surface area contributed by atoms with Gasteiger partial charge < -0.3 is 10.1 Å². The minimum Gasteiger partial charge on any atom is -0.484 e. The van der Waals surface area contributed by atoms with Crippen LogP contribution in [0.4, 0.5) is 0 Å². The standard InChI is InChI=1S/C21H22Cl3N3O3/c1-13(2)10-18(26-19(28)12-30-16-8-6-15(22)7-9-16)21(29)27-25-11-14-4-3-5-17(23)20(14)24/h3-9,11,13,18H,10,12H2,1-2H3,(H,26,28)(H,27,29)/b25-11-/t18-/m0/s1. The van der Waals surface area contributed by atoms with E-state index in [0.29, 0.717) is 32.8 Å². The topological polar surface area (TPSA) is 79.8 Å². The van der Waals surface area contributed by atoms with Gasteiger partial charge in [0, 0.05) is 10.6 Å². The number of carbonyl (C=O) groups excluding carboxylic acids is 2. The Labute approximate surface area is 190 Å². The lowest BCUT2D eigenvalue weighted by Gasteiger charge is -2.19. The van der Waals surface area contributed by atoms with Crippen molar-refractivity contribution in [2.75, 3.05) is 6.61 Å². The molecule has 0 aliphatic rings. The molecule has 1 atom stereocenters. The molecule has 30 heavy (non-hydrogen) atoms. The van der Waals surface area contributed by atoms with Crippen molar-refractivity contribution in [3.63, 3.8) is 0 Å². The van der Waals surface area contributed by atoms with Crippen LogP contribution >= 0.6 is 34.8 Å². The summed E-state index contributed by atoms with van der Waals surface area (Å²) in [6.45, 7) is 3.67. The lowest BCUT2D eigenvalue weighted by Crippen LogP contribution is -2.47. The lowest BCUT2D eigenvalue weighted by atomic mass is 10.0. The van der Waals surface area contributed by atoms with Gasteiger partial charge in [-0.05, 0) is 42.7 Å². The number of ether oxygens (including phenoxy) is 1. The van der Waals surface area contributed by atoms with E-state index >= 15 is 0 Å². The number of hydrazone groups is 1. The molecule has 0 heterocycles. The van der Waals surface area contributed by atoms with Gasteiger partial charge in [0.2, 0.25) is 0 Å². The van der Waals surface area contributed by atoms with E-state index in [4.69, 9.17) is 39.5 Å². The number of nitrogens with zero attached hydrogens (tertiary/aromatic N) is 1. The summed E-state index contributed by atoms with van der Waals surface area (Å²) < 4.78 is 5.41. The minimum absolute atomic E-state index is 0.171. The number of amides is 2. The molecule has 0 aromatic heterocycles. The first-order chi connectivity index (χ1) is 14.3. The Morgan fingerprint density at radius 1 is 1.10 bits per heavy atom. The van der Waals surface area contributed by atoms with Gasteiger partial charge in [-0.15, -0.1) is 0 Å². The van der Waals surface area contributed by atoms with Crippen molar-refractivity contribution in [2.24, 2.45) is 11.0 Å². The molecule has 2 rings (SSSR count). The Morgan fingerprint density at radius 3 is 2.47 bits per heavy atom. The predicted octanol–water partition coefficient (Wildman–Crippen LogP) is 4.71. The van der Waals surface area contributed by atoms with Crippen molar-refractivity contribution in [2.45, 2.75) is 26.3 Å². The van der Waals surface area contributed by atoms with Crippen molar-refractivity contribution in [3.05, 3.63) is 63.1 Å². The Morgan fingerprint density at radius 2 is 1.80 bits per heavy atom. The summed E-state index contributed by atoms with van der Waals surface area (Å²) in [7, 11) is 0. The number of rotatable bonds is 9. The Bertz CT molecular complexity index is 902. The van der Waals surface area contributed by atoms with Crippen LogP contribution in [0.2, 0.25) is 15.1 Å². The molecule has 0 aliphatic heterocycles. The molecule has 0 unspecified atom stereocenters. The summed E-state index contributed by atoms with van der Waals surface area (Å²) in [5, 5.41) is 7.89. The zero-order chi connectivity index (χ0) is 22.1. The van der Waals surface area contributed by atoms with Crippen molar-refractivity contribution in [3.8, 4) is 5.75 Å². The van der Waals surface area contributed by atoms with E-state index in [1.165, 1.54) is 6.21 Å². The Hall–Kier alpha value is -2.28. The highest BCUT2D eigenvalue weighted by Crippen LogP contribution is 2.24. The highest BCUT2D eigenvalue weighted by Gasteiger charge is 2.22. The molecule has 0 saturated carbocycles. The first-order valence-electron chi connectivity index (χ1n) is 9.21. The summed E-state index contributed by atoms with van der Waals surface area (Å²) in [5.41, 5.74) is 2.99. The Kier molecular flexibility index (Phi) is 9.43. The van der Waals surface area contributed by atoms with Gasteiger partial charge in [0.05, 0.1) is 16.3 Å². The largest absolute Gasteiger partial charge is 0.484 e. The third-order valence-corrected chi connectivity index (χ3v) is 4.99. The molecule has 0 fully saturated rings. The molecule has 160 valence electrons. The van der Waals surface area contributed by atoms with E-state index in [-0.39, 0.29) is 12.5 Å². The minimum atomic E-state index is -0.765. The van der Waals surface area contributed by atoms with Gasteiger partial charge in [0.15, 0.2) is 6.61 Å². The van der Waals surface area contributed by atoms with Crippen molar-refractivity contribution >= 4 is 52.8 Å². The monoisotopic (exact) mass is 469 g/mol. The molecule has 2 aromatic carbocycles. The second-order valence-corrected chi connectivity index (χ2v) is 8.09. The molecule has 0 spiro atoms. The fourth-order valence-electron chi connectivity index (χ4n) is 2.48. The normalized spacial score (nSPS) is 12.1. The SMILES string of the molecule is CC(C)C[C@H](NC(=O)COc1ccc(Cl)cc1)C(=O)N/N=C\c1cccc(Cl)c1Cl. The van der Waals surface area contributed by atoms with Crippen LogP contribution < -0.4 is 15.5 Å². The predicted molar refractivity (Wildman–Crippen MR) is 121 cm³/mol. The van der Waals surface area contributed by atoms with Gasteiger partial charge in [-0.1, -0.05) is 60.8 Å². The molecular formula is C21H22Cl3N3O3. The second kappa shape index (κ2) is 11.8. The van der Waals surface area contributed by atoms with E-state index in [2.05, 4.69) is 15.8 Å². The number of benzene rings is 2. The highest BCUT2D eigenvalue weighted by molar-refractivity contribution is 6.43. The molecule has 6 nitrogen and oxygen atoms in total. The third kappa shape index (κ3) is 7.86. The van der Waals surface area contributed by atoms with E-state index in [9.17, 15) is 9.59 Å². The maximum absolute atomic E-state index is 12.5. The lowest BCUT2D eigenvalue weighted by molar-refractivity contribution is -0.130. The van der Waals surface area contributed by atoms with Gasteiger partial charge in [0.25, 0.3) is 11.8 Å². The van der Waals surface area contributed by atoms with Crippen molar-refractivity contribution in [1.29, 1.82) is 0 Å². The van der Waals surface area contributed by atoms with Crippen LogP contribution in [0, 0.1) is 5.92 Å². The number of hydrogen-bond donors (Lipinski definition) is 2. The molecule has 9 heteroatoms. The zero-order valence-electron chi connectivity index (χ0n) is 16.5. The number of hydrogen-bond acceptors (Lipinski definition) is 4. The molecule has 2 aromatic rings. The molecule has 0 radical (unpaired) electrons. The molecule has 0 saturated heterocycles. The summed E-state index contributed by atoms with van der Waals surface area (Å²) in [4.78, 5) is 24.8. The summed E-state index contributed by atoms with van der Waals surface area (Å²) in [6.07, 6.45) is 1.83. The van der Waals surface area contributed by atoms with E-state index in [0.717, 1.165) is 0 Å². The van der Waals surface area contributed by atoms with E-state index in [1.54, 1.807) is 42.5 Å². The summed E-state index contributed by atoms with van der Waals surface area (Å²) >= 11 is 17.9. The van der Waals surface area contributed by atoms with Crippen LogP contribution in [0.1, 0.15) is 25.8 Å². The first-order valence-corrected chi connectivity index (χ1v) is 10.3. The average Bonchev–Trinajstić information content (AvgIpc) is 2.70. The fourth-order valence-corrected chi connectivity index (χ4v) is 2.96. The van der Waals surface area contributed by atoms with Crippen molar-refractivity contribution in [1.82, 2.24) is 10.7 Å². The smallest absolute Gasteiger partial charge is 0.262 e. The third-order valence-electron chi connectivity index (χ3n) is 3.90. The van der Waals surface area contributed by atoms with Crippen LogP contribution in [0.15, 0.2) is 47.6 Å². The summed E-state index contributed by atoms with van der Waals surface area (Å²) in [5.74, 6) is -0.197.